The van der Waals surface area contributed by atoms with Crippen LogP contribution in [0.15, 0.2) is 0 Å². The van der Waals surface area contributed by atoms with E-state index >= 15 is 0 Å². The minimum atomic E-state index is -2.76. The molecule has 0 aromatic heterocycles. The molecule has 1 fully saturated rings. The maximum Gasteiger partial charge on any atom is 0.220 e. The molecule has 1 N–H and O–H groups in total. The molecule has 1 saturated heterocycles. The molecule has 0 bridgehead atoms. The van der Waals surface area contributed by atoms with Crippen molar-refractivity contribution in [2.24, 2.45) is 0 Å². The maximum absolute atomic E-state index is 10.9. The van der Waals surface area contributed by atoms with Crippen molar-refractivity contribution in [3.05, 3.63) is 0 Å². The van der Waals surface area contributed by atoms with Crippen LogP contribution in [0.5, 0.6) is 0 Å². The summed E-state index contributed by atoms with van der Waals surface area (Å²) in [5, 5.41) is 0.0278. The Labute approximate surface area is 45.0 Å². The van der Waals surface area contributed by atoms with Gasteiger partial charge in [-0.25, -0.2) is 0 Å². The van der Waals surface area contributed by atoms with E-state index in [1.165, 1.54) is 0 Å². The number of hydrogen-bond donors (Lipinski definition) is 1. The predicted molar refractivity (Wildman–Crippen MR) is 22.2 cm³/mol. The van der Waals surface area contributed by atoms with Gasteiger partial charge in [0.15, 0.2) is 1.41 Å². The fourth-order valence-corrected chi connectivity index (χ4v) is 0.217. The molecule has 2 nitrogen and oxygen atoms in total. The van der Waals surface area contributed by atoms with Crippen LogP contribution >= 0.6 is 0 Å². The molecule has 1 unspecified atom stereocenters. The van der Waals surface area contributed by atoms with Crippen LogP contribution in [0, 0.1) is 0 Å². The lowest BCUT2D eigenvalue weighted by Gasteiger charge is -1.80. The Morgan fingerprint density at radius 2 is 3.00 bits per heavy atom. The molecule has 1 atom stereocenters. The highest BCUT2D eigenvalue weighted by Crippen LogP contribution is 1.93. The molecule has 6 heavy (non-hydrogen) atoms. The van der Waals surface area contributed by atoms with Crippen LogP contribution in [0.2, 0.25) is 1.41 Å². The molecule has 0 radical (unpaired) electrons. The molecule has 1 amide bonds. The highest BCUT2D eigenvalue weighted by Gasteiger charge is 2.05. The number of rotatable bonds is 0. The van der Waals surface area contributed by atoms with Gasteiger partial charge in [-0.15, -0.1) is 0 Å². The van der Waals surface area contributed by atoms with Crippen LogP contribution in [0.1, 0.15) is 19.6 Å². The molecule has 0 aliphatic carbocycles. The van der Waals surface area contributed by atoms with Crippen LogP contribution in [-0.2, 0) is 4.79 Å². The highest BCUT2D eigenvalue weighted by molar-refractivity contribution is 5.77. The van der Waals surface area contributed by atoms with Crippen LogP contribution in [0.3, 0.4) is 0 Å². The SMILES string of the molecule is [2H]C1N([2H])C(=O)C([2H])([2H])C1([2H])[2H]. The summed E-state index contributed by atoms with van der Waals surface area (Å²) < 4.78 is 42.1. The van der Waals surface area contributed by atoms with Gasteiger partial charge >= 0.3 is 0 Å². The predicted octanol–water partition coefficient (Wildman–Crippen LogP) is -0.104. The van der Waals surface area contributed by atoms with E-state index in [4.69, 9.17) is 8.27 Å². The number of nitrogens with one attached hydrogen (secondary N) is 1. The Kier molecular flexibility index (Phi) is 0.178. The molecule has 1 aliphatic heterocycles. The Balaban J connectivity index is 3.14. The molecule has 2 heteroatoms. The van der Waals surface area contributed by atoms with Crippen molar-refractivity contribution >= 4 is 5.91 Å². The zero-order chi connectivity index (χ0) is 9.73. The number of carbonyl (C=O) groups excluding carboxylic acids is 1. The van der Waals surface area contributed by atoms with Crippen molar-refractivity contribution in [2.45, 2.75) is 12.7 Å². The van der Waals surface area contributed by atoms with E-state index in [0.29, 0.717) is 0 Å². The van der Waals surface area contributed by atoms with Gasteiger partial charge in [0, 0.05) is 19.7 Å². The molecule has 34 valence electrons. The smallest absolute Gasteiger partial charge is 0.220 e. The third-order valence-corrected chi connectivity index (χ3v) is 0.425. The monoisotopic (exact) mass is 91.1 g/mol. The van der Waals surface area contributed by atoms with E-state index in [2.05, 4.69) is 0 Å². The first-order valence-corrected chi connectivity index (χ1v) is 1.47. The molecule has 1 rings (SSSR count). The summed E-state index contributed by atoms with van der Waals surface area (Å²) in [7, 11) is 0. The highest BCUT2D eigenvalue weighted by atomic mass is 16.1. The Hall–Kier alpha value is -0.530. The first-order chi connectivity index (χ1) is 5.23. The molecule has 0 aromatic carbocycles. The van der Waals surface area contributed by atoms with Crippen LogP contribution in [0.25, 0.3) is 0 Å². The van der Waals surface area contributed by atoms with Gasteiger partial charge in [0.1, 0.15) is 0 Å². The van der Waals surface area contributed by atoms with Crippen molar-refractivity contribution in [3.8, 4) is 0 Å². The first-order valence-electron chi connectivity index (χ1n) is 4.50. The van der Waals surface area contributed by atoms with Crippen LogP contribution in [-0.4, -0.2) is 12.4 Å². The lowest BCUT2D eigenvalue weighted by atomic mass is 10.4. The topological polar surface area (TPSA) is 29.1 Å². The quantitative estimate of drug-likeness (QED) is 0.443. The zero-order valence-corrected chi connectivity index (χ0v) is 2.93. The van der Waals surface area contributed by atoms with Gasteiger partial charge in [-0.2, -0.15) is 0 Å². The van der Waals surface area contributed by atoms with E-state index in [9.17, 15) is 4.79 Å². The van der Waals surface area contributed by atoms with E-state index in [0.717, 1.165) is 0 Å². The zero-order valence-electron chi connectivity index (χ0n) is 8.93. The molecule has 0 saturated carbocycles. The maximum atomic E-state index is 10.9. The second-order valence-corrected chi connectivity index (χ2v) is 0.833. The third-order valence-electron chi connectivity index (χ3n) is 0.425. The molecule has 1 aliphatic rings. The molecular weight excluding hydrogens is 78.0 g/mol. The Morgan fingerprint density at radius 1 is 2.17 bits per heavy atom. The minimum absolute atomic E-state index is 0.0278. The Bertz CT molecular complexity index is 228. The van der Waals surface area contributed by atoms with Crippen LogP contribution in [0.4, 0.5) is 0 Å². The summed E-state index contributed by atoms with van der Waals surface area (Å²) in [5.41, 5.74) is 0. The summed E-state index contributed by atoms with van der Waals surface area (Å²) >= 11 is 0. The van der Waals surface area contributed by atoms with E-state index in [1.54, 1.807) is 0 Å². The number of amides is 1. The fourth-order valence-electron chi connectivity index (χ4n) is 0.217. The van der Waals surface area contributed by atoms with E-state index in [-0.39, 0.29) is 5.31 Å². The van der Waals surface area contributed by atoms with Crippen molar-refractivity contribution in [1.29, 1.82) is 0 Å². The van der Waals surface area contributed by atoms with E-state index in [1.807, 2.05) is 0 Å². The van der Waals surface area contributed by atoms with Gasteiger partial charge in [-0.05, 0) is 6.37 Å². The van der Waals surface area contributed by atoms with E-state index < -0.39 is 25.2 Å². The summed E-state index contributed by atoms with van der Waals surface area (Å²) in [6, 6.07) is 0. The van der Waals surface area contributed by atoms with Crippen molar-refractivity contribution in [1.82, 2.24) is 5.31 Å². The Morgan fingerprint density at radius 3 is 3.17 bits per heavy atom. The summed E-state index contributed by atoms with van der Waals surface area (Å²) in [6.07, 6.45) is -5.38. The molecule has 0 spiro atoms. The fraction of sp³-hybridized carbons (Fsp3) is 0.750. The third kappa shape index (κ3) is 0.506. The lowest BCUT2D eigenvalue weighted by Crippen LogP contribution is -2.12. The molecular formula is C4H7NO. The summed E-state index contributed by atoms with van der Waals surface area (Å²) in [4.78, 5) is 10.9. The van der Waals surface area contributed by atoms with Crippen molar-refractivity contribution < 1.29 is 13.1 Å². The van der Waals surface area contributed by atoms with Gasteiger partial charge in [-0.3, -0.25) is 4.79 Å². The lowest BCUT2D eigenvalue weighted by molar-refractivity contribution is -0.119. The average Bonchev–Trinajstić information content (AvgIpc) is 2.05. The molecule has 1 heterocycles. The average molecular weight is 91.1 g/mol. The van der Waals surface area contributed by atoms with Gasteiger partial charge in [0.25, 0.3) is 0 Å². The van der Waals surface area contributed by atoms with Crippen molar-refractivity contribution in [3.63, 3.8) is 0 Å². The second-order valence-electron chi connectivity index (χ2n) is 0.833. The minimum Gasteiger partial charge on any atom is -0.356 e. The van der Waals surface area contributed by atoms with Gasteiger partial charge in [-0.1, -0.05) is 0 Å². The van der Waals surface area contributed by atoms with Crippen molar-refractivity contribution in [2.75, 3.05) is 6.52 Å². The standard InChI is InChI=1S/C4H7NO/c6-4-2-1-3-5-4/h1-3H2,(H,5,6)/i1D2,2D2,3D/hD. The normalized spacial score (nSPS) is 66.3. The molecule has 0 aromatic rings. The second kappa shape index (κ2) is 1.29. The largest absolute Gasteiger partial charge is 0.356 e. The summed E-state index contributed by atoms with van der Waals surface area (Å²) in [5.74, 6) is -1.30. The van der Waals surface area contributed by atoms with Gasteiger partial charge in [0.2, 0.25) is 5.91 Å². The number of carbonyl (C=O) groups is 1. The van der Waals surface area contributed by atoms with Crippen LogP contribution < -0.4 is 5.31 Å². The van der Waals surface area contributed by atoms with Gasteiger partial charge in [0.05, 0.1) is 0 Å². The number of hydrogen-bond acceptors (Lipinski definition) is 1. The first kappa shape index (κ1) is 0.831. The van der Waals surface area contributed by atoms with Gasteiger partial charge < -0.3 is 5.31 Å². The summed E-state index contributed by atoms with van der Waals surface area (Å²) in [6.45, 7) is -1.79.